The van der Waals surface area contributed by atoms with E-state index in [-0.39, 0.29) is 5.54 Å². The maximum atomic E-state index is 5.92. The largest absolute Gasteiger partial charge is 0.420 e. The Balaban J connectivity index is 1.37. The second-order valence-corrected chi connectivity index (χ2v) is 8.52. The van der Waals surface area contributed by atoms with Crippen molar-refractivity contribution in [1.29, 1.82) is 0 Å². The Kier molecular flexibility index (Phi) is 3.69. The third-order valence-electron chi connectivity index (χ3n) is 6.62. The monoisotopic (exact) mass is 391 g/mol. The molecule has 1 N–H and O–H groups in total. The zero-order chi connectivity index (χ0) is 19.4. The fraction of sp³-hybridized carbons (Fsp3) is 0.524. The van der Waals surface area contributed by atoms with E-state index >= 15 is 0 Å². The Hall–Kier alpha value is -2.90. The molecular formula is C21H25N7O. The Bertz CT molecular complexity index is 1090. The van der Waals surface area contributed by atoms with E-state index in [4.69, 9.17) is 4.42 Å². The third-order valence-corrected chi connectivity index (χ3v) is 6.62. The molecule has 150 valence electrons. The first-order valence-corrected chi connectivity index (χ1v) is 10.6. The molecule has 0 radical (unpaired) electrons. The van der Waals surface area contributed by atoms with Crippen molar-refractivity contribution in [2.75, 3.05) is 24.5 Å². The average molecular weight is 391 g/mol. The van der Waals surface area contributed by atoms with Crippen molar-refractivity contribution in [1.82, 2.24) is 30.0 Å². The molecule has 2 aliphatic carbocycles. The Morgan fingerprint density at radius 3 is 2.76 bits per heavy atom. The minimum absolute atomic E-state index is 0.129. The van der Waals surface area contributed by atoms with Gasteiger partial charge in [0, 0.05) is 32.8 Å². The van der Waals surface area contributed by atoms with Crippen LogP contribution >= 0.6 is 0 Å². The number of hydrogen-bond acceptors (Lipinski definition) is 7. The van der Waals surface area contributed by atoms with Crippen LogP contribution in [0.1, 0.15) is 50.3 Å². The van der Waals surface area contributed by atoms with Gasteiger partial charge in [0.05, 0.1) is 10.9 Å². The van der Waals surface area contributed by atoms with E-state index < -0.39 is 0 Å². The predicted octanol–water partition coefficient (Wildman–Crippen LogP) is 3.29. The van der Waals surface area contributed by atoms with E-state index in [2.05, 4.69) is 41.0 Å². The fourth-order valence-electron chi connectivity index (χ4n) is 4.83. The lowest BCUT2D eigenvalue weighted by Gasteiger charge is -2.37. The summed E-state index contributed by atoms with van der Waals surface area (Å²) in [7, 11) is 0. The van der Waals surface area contributed by atoms with Crippen molar-refractivity contribution in [2.24, 2.45) is 0 Å². The maximum absolute atomic E-state index is 5.92. The van der Waals surface area contributed by atoms with E-state index in [9.17, 15) is 0 Å². The van der Waals surface area contributed by atoms with Crippen molar-refractivity contribution in [2.45, 2.75) is 51.0 Å². The molecule has 29 heavy (non-hydrogen) atoms. The standard InChI is InChI=1S/C21H25N7O/c1-14-25-26-20(29-14)17(15-4-2-5-15)28-11-3-10-27(12-21(28)7-8-21)19-16-6-9-22-18(16)23-13-24-19/h6,9,13H,2-5,7-8,10-12H2,1H3,(H,22,23,24). The second kappa shape index (κ2) is 6.30. The van der Waals surface area contributed by atoms with Crippen LogP contribution in [0.25, 0.3) is 16.7 Å². The summed E-state index contributed by atoms with van der Waals surface area (Å²) < 4.78 is 5.92. The molecule has 0 atom stereocenters. The number of aromatic nitrogens is 5. The number of aryl methyl sites for hydroxylation is 1. The number of hydrogen-bond donors (Lipinski definition) is 1. The average Bonchev–Trinajstić information content (AvgIpc) is 3.13. The van der Waals surface area contributed by atoms with Crippen LogP contribution in [0.5, 0.6) is 0 Å². The second-order valence-electron chi connectivity index (χ2n) is 8.52. The van der Waals surface area contributed by atoms with Gasteiger partial charge in [-0.15, -0.1) is 10.2 Å². The minimum Gasteiger partial charge on any atom is -0.420 e. The summed E-state index contributed by atoms with van der Waals surface area (Å²) in [5.41, 5.74) is 3.72. The molecule has 3 aliphatic rings. The molecule has 1 aliphatic heterocycles. The molecule has 0 unspecified atom stereocenters. The van der Waals surface area contributed by atoms with E-state index in [1.807, 2.05) is 13.1 Å². The molecule has 0 aromatic carbocycles. The number of aromatic amines is 1. The Morgan fingerprint density at radius 1 is 1.14 bits per heavy atom. The quantitative estimate of drug-likeness (QED) is 0.733. The molecule has 3 aromatic heterocycles. The highest BCUT2D eigenvalue weighted by molar-refractivity contribution is 5.87. The molecule has 3 aromatic rings. The lowest BCUT2D eigenvalue weighted by molar-refractivity contribution is 0.279. The van der Waals surface area contributed by atoms with Crippen molar-refractivity contribution in [3.8, 4) is 0 Å². The molecule has 3 fully saturated rings. The van der Waals surface area contributed by atoms with Crippen molar-refractivity contribution in [3.63, 3.8) is 0 Å². The number of fused-ring (bicyclic) bond motifs is 1. The summed E-state index contributed by atoms with van der Waals surface area (Å²) in [5.74, 6) is 2.37. The summed E-state index contributed by atoms with van der Waals surface area (Å²) >= 11 is 0. The zero-order valence-electron chi connectivity index (χ0n) is 16.7. The number of nitrogens with one attached hydrogen (secondary N) is 1. The molecule has 4 heterocycles. The molecule has 0 bridgehead atoms. The topological polar surface area (TPSA) is 87.0 Å². The highest BCUT2D eigenvalue weighted by atomic mass is 16.4. The zero-order valence-corrected chi connectivity index (χ0v) is 16.7. The van der Waals surface area contributed by atoms with Crippen LogP contribution < -0.4 is 4.90 Å². The van der Waals surface area contributed by atoms with E-state index in [0.717, 1.165) is 55.7 Å². The normalized spacial score (nSPS) is 20.8. The molecule has 8 heteroatoms. The molecule has 1 saturated heterocycles. The van der Waals surface area contributed by atoms with E-state index in [1.54, 1.807) is 6.33 Å². The number of anilines is 1. The molecule has 6 rings (SSSR count). The number of H-pyrrole nitrogens is 1. The Labute approximate surface area is 169 Å². The smallest absolute Gasteiger partial charge is 0.263 e. The first-order valence-electron chi connectivity index (χ1n) is 10.6. The summed E-state index contributed by atoms with van der Waals surface area (Å²) in [6, 6.07) is 2.08. The third kappa shape index (κ3) is 2.73. The first-order chi connectivity index (χ1) is 14.2. The van der Waals surface area contributed by atoms with Gasteiger partial charge in [-0.1, -0.05) is 0 Å². The van der Waals surface area contributed by atoms with Gasteiger partial charge in [0.25, 0.3) is 5.89 Å². The van der Waals surface area contributed by atoms with Gasteiger partial charge in [-0.05, 0) is 50.2 Å². The van der Waals surface area contributed by atoms with Crippen molar-refractivity contribution >= 4 is 22.5 Å². The van der Waals surface area contributed by atoms with Crippen LogP contribution in [0.2, 0.25) is 0 Å². The SMILES string of the molecule is Cc1nnc(C(=C2CCC2)N2CCCN(c3ncnc4[nH]ccc34)CC23CC3)o1. The summed E-state index contributed by atoms with van der Waals surface area (Å²) in [5, 5.41) is 9.62. The minimum atomic E-state index is 0.129. The van der Waals surface area contributed by atoms with E-state index in [0.29, 0.717) is 11.8 Å². The highest BCUT2D eigenvalue weighted by Gasteiger charge is 2.52. The Morgan fingerprint density at radius 2 is 2.03 bits per heavy atom. The number of rotatable bonds is 3. The highest BCUT2D eigenvalue weighted by Crippen LogP contribution is 2.50. The van der Waals surface area contributed by atoms with Crippen LogP contribution in [0.15, 0.2) is 28.6 Å². The van der Waals surface area contributed by atoms with Gasteiger partial charge in [-0.25, -0.2) is 9.97 Å². The van der Waals surface area contributed by atoms with Gasteiger partial charge in [0.1, 0.15) is 23.5 Å². The van der Waals surface area contributed by atoms with Crippen LogP contribution in [0.4, 0.5) is 5.82 Å². The van der Waals surface area contributed by atoms with E-state index in [1.165, 1.54) is 30.5 Å². The van der Waals surface area contributed by atoms with Gasteiger partial charge < -0.3 is 19.2 Å². The van der Waals surface area contributed by atoms with Gasteiger partial charge in [0.2, 0.25) is 5.89 Å². The fourth-order valence-corrected chi connectivity index (χ4v) is 4.83. The van der Waals surface area contributed by atoms with Crippen LogP contribution in [0, 0.1) is 6.92 Å². The van der Waals surface area contributed by atoms with Crippen LogP contribution in [-0.4, -0.2) is 55.2 Å². The van der Waals surface area contributed by atoms with Crippen LogP contribution in [-0.2, 0) is 0 Å². The van der Waals surface area contributed by atoms with Crippen molar-refractivity contribution in [3.05, 3.63) is 35.9 Å². The number of nitrogens with zero attached hydrogens (tertiary/aromatic N) is 6. The van der Waals surface area contributed by atoms with Gasteiger partial charge >= 0.3 is 0 Å². The number of allylic oxidation sites excluding steroid dienone is 1. The van der Waals surface area contributed by atoms with Crippen LogP contribution in [0.3, 0.4) is 0 Å². The molecule has 1 spiro atoms. The molecule has 0 amide bonds. The first kappa shape index (κ1) is 17.0. The lowest BCUT2D eigenvalue weighted by atomic mass is 9.89. The molecule has 2 saturated carbocycles. The van der Waals surface area contributed by atoms with Gasteiger partial charge in [0.15, 0.2) is 0 Å². The molecule has 8 nitrogen and oxygen atoms in total. The lowest BCUT2D eigenvalue weighted by Crippen LogP contribution is -2.43. The van der Waals surface area contributed by atoms with Gasteiger partial charge in [-0.2, -0.15) is 0 Å². The summed E-state index contributed by atoms with van der Waals surface area (Å²) in [6.07, 6.45) is 10.6. The van der Waals surface area contributed by atoms with Crippen molar-refractivity contribution < 1.29 is 4.42 Å². The molecular weight excluding hydrogens is 366 g/mol. The predicted molar refractivity (Wildman–Crippen MR) is 109 cm³/mol. The summed E-state index contributed by atoms with van der Waals surface area (Å²) in [4.78, 5) is 17.3. The van der Waals surface area contributed by atoms with Gasteiger partial charge in [-0.3, -0.25) is 0 Å². The maximum Gasteiger partial charge on any atom is 0.263 e. The summed E-state index contributed by atoms with van der Waals surface area (Å²) in [6.45, 7) is 4.83.